The molecule has 1 aromatic carbocycles. The van der Waals surface area contributed by atoms with Gasteiger partial charge in [0.1, 0.15) is 0 Å². The Labute approximate surface area is 172 Å². The lowest BCUT2D eigenvalue weighted by molar-refractivity contribution is 0.0626. The van der Waals surface area contributed by atoms with Crippen LogP contribution in [0.15, 0.2) is 65.7 Å². The first kappa shape index (κ1) is 19.9. The predicted molar refractivity (Wildman–Crippen MR) is 114 cm³/mol. The van der Waals surface area contributed by atoms with Gasteiger partial charge in [0, 0.05) is 37.3 Å². The SMILES string of the molecule is CS(=O)(=O)c1ccc(C(CC2CCOCC2)c2ccc(-c3ccccn3)[nH]2)cc1. The maximum Gasteiger partial charge on any atom is 0.175 e. The standard InChI is InChI=1S/C23H26N2O3S/c1-29(26,27)19-7-5-18(6-8-19)20(16-17-11-14-28-15-12-17)21-9-10-23(25-21)22-4-2-3-13-24-22/h2-10,13,17,20,25H,11-12,14-16H2,1H3. The van der Waals surface area contributed by atoms with Gasteiger partial charge in [0.05, 0.1) is 16.3 Å². The molecule has 2 aromatic heterocycles. The molecule has 0 amide bonds. The van der Waals surface area contributed by atoms with Crippen molar-refractivity contribution in [3.8, 4) is 11.4 Å². The molecule has 5 nitrogen and oxygen atoms in total. The smallest absolute Gasteiger partial charge is 0.175 e. The van der Waals surface area contributed by atoms with E-state index in [-0.39, 0.29) is 5.92 Å². The normalized spacial score (nSPS) is 16.6. The van der Waals surface area contributed by atoms with E-state index < -0.39 is 9.84 Å². The van der Waals surface area contributed by atoms with Gasteiger partial charge in [-0.05, 0) is 67.1 Å². The number of nitrogens with one attached hydrogen (secondary N) is 1. The van der Waals surface area contributed by atoms with Crippen LogP contribution >= 0.6 is 0 Å². The minimum Gasteiger partial charge on any atom is -0.381 e. The zero-order valence-corrected chi connectivity index (χ0v) is 17.4. The first-order valence-electron chi connectivity index (χ1n) is 9.99. The molecule has 0 bridgehead atoms. The van der Waals surface area contributed by atoms with Crippen LogP contribution in [0.3, 0.4) is 0 Å². The Morgan fingerprint density at radius 1 is 1.07 bits per heavy atom. The van der Waals surface area contributed by atoms with Crippen molar-refractivity contribution < 1.29 is 13.2 Å². The van der Waals surface area contributed by atoms with Crippen molar-refractivity contribution in [1.82, 2.24) is 9.97 Å². The van der Waals surface area contributed by atoms with Crippen LogP contribution < -0.4 is 0 Å². The summed E-state index contributed by atoms with van der Waals surface area (Å²) in [5.74, 6) is 0.758. The second-order valence-electron chi connectivity index (χ2n) is 7.73. The summed E-state index contributed by atoms with van der Waals surface area (Å²) in [6.45, 7) is 1.63. The van der Waals surface area contributed by atoms with Gasteiger partial charge in [-0.2, -0.15) is 0 Å². The molecule has 0 saturated carbocycles. The van der Waals surface area contributed by atoms with Gasteiger partial charge in [0.15, 0.2) is 9.84 Å². The minimum absolute atomic E-state index is 0.171. The number of pyridine rings is 1. The van der Waals surface area contributed by atoms with Crippen LogP contribution in [0.1, 0.15) is 36.4 Å². The van der Waals surface area contributed by atoms with Crippen LogP contribution in [0.5, 0.6) is 0 Å². The molecule has 1 fully saturated rings. The third-order valence-corrected chi connectivity index (χ3v) is 6.77. The fourth-order valence-corrected chi connectivity index (χ4v) is 4.62. The van der Waals surface area contributed by atoms with Crippen molar-refractivity contribution in [3.63, 3.8) is 0 Å². The summed E-state index contributed by atoms with van der Waals surface area (Å²) in [6, 6.07) is 17.4. The third-order valence-electron chi connectivity index (χ3n) is 5.65. The summed E-state index contributed by atoms with van der Waals surface area (Å²) in [4.78, 5) is 8.34. The summed E-state index contributed by atoms with van der Waals surface area (Å²) < 4.78 is 29.2. The molecule has 1 N–H and O–H groups in total. The van der Waals surface area contributed by atoms with Gasteiger partial charge in [-0.3, -0.25) is 4.98 Å². The number of rotatable bonds is 6. The maximum absolute atomic E-state index is 11.8. The van der Waals surface area contributed by atoms with E-state index in [0.717, 1.165) is 55.1 Å². The molecule has 4 rings (SSSR count). The molecule has 1 aliphatic rings. The second-order valence-corrected chi connectivity index (χ2v) is 9.74. The molecule has 1 atom stereocenters. The summed E-state index contributed by atoms with van der Waals surface area (Å²) >= 11 is 0. The molecule has 0 radical (unpaired) electrons. The lowest BCUT2D eigenvalue weighted by Gasteiger charge is -2.27. The summed E-state index contributed by atoms with van der Waals surface area (Å²) in [5, 5.41) is 0. The number of sulfone groups is 1. The number of aromatic amines is 1. The van der Waals surface area contributed by atoms with Gasteiger partial charge in [-0.15, -0.1) is 0 Å². The highest BCUT2D eigenvalue weighted by Gasteiger charge is 2.24. The van der Waals surface area contributed by atoms with Crippen molar-refractivity contribution in [2.75, 3.05) is 19.5 Å². The number of hydrogen-bond donors (Lipinski definition) is 1. The van der Waals surface area contributed by atoms with Crippen molar-refractivity contribution in [2.45, 2.75) is 30.1 Å². The lowest BCUT2D eigenvalue weighted by Crippen LogP contribution is -2.18. The molecule has 152 valence electrons. The molecule has 0 spiro atoms. The van der Waals surface area contributed by atoms with E-state index in [1.54, 1.807) is 18.3 Å². The summed E-state index contributed by atoms with van der Waals surface area (Å²) in [6.07, 6.45) is 6.16. The zero-order chi connectivity index (χ0) is 20.3. The largest absolute Gasteiger partial charge is 0.381 e. The van der Waals surface area contributed by atoms with Crippen LogP contribution in [-0.2, 0) is 14.6 Å². The van der Waals surface area contributed by atoms with Gasteiger partial charge in [0.25, 0.3) is 0 Å². The van der Waals surface area contributed by atoms with Gasteiger partial charge in [-0.25, -0.2) is 8.42 Å². The highest BCUT2D eigenvalue weighted by atomic mass is 32.2. The van der Waals surface area contributed by atoms with Gasteiger partial charge in [-0.1, -0.05) is 18.2 Å². The van der Waals surface area contributed by atoms with Crippen LogP contribution in [-0.4, -0.2) is 37.9 Å². The first-order valence-corrected chi connectivity index (χ1v) is 11.9. The monoisotopic (exact) mass is 410 g/mol. The highest BCUT2D eigenvalue weighted by molar-refractivity contribution is 7.90. The van der Waals surface area contributed by atoms with E-state index in [2.05, 4.69) is 22.1 Å². The quantitative estimate of drug-likeness (QED) is 0.653. The van der Waals surface area contributed by atoms with Crippen LogP contribution in [0.4, 0.5) is 0 Å². The topological polar surface area (TPSA) is 72.1 Å². The highest BCUT2D eigenvalue weighted by Crippen LogP contribution is 2.35. The second kappa shape index (κ2) is 8.51. The molecular formula is C23H26N2O3S. The summed E-state index contributed by atoms with van der Waals surface area (Å²) in [7, 11) is -3.20. The number of H-pyrrole nitrogens is 1. The summed E-state index contributed by atoms with van der Waals surface area (Å²) in [5.41, 5.74) is 4.16. The number of nitrogens with zero attached hydrogens (tertiary/aromatic N) is 1. The predicted octanol–water partition coefficient (Wildman–Crippen LogP) is 4.43. The Morgan fingerprint density at radius 3 is 2.48 bits per heavy atom. The van der Waals surface area contributed by atoms with Crippen molar-refractivity contribution in [2.24, 2.45) is 5.92 Å². The van der Waals surface area contributed by atoms with E-state index >= 15 is 0 Å². The molecule has 1 unspecified atom stereocenters. The van der Waals surface area contributed by atoms with Gasteiger partial charge < -0.3 is 9.72 Å². The van der Waals surface area contributed by atoms with Crippen molar-refractivity contribution in [3.05, 3.63) is 72.1 Å². The number of hydrogen-bond acceptors (Lipinski definition) is 4. The Bertz CT molecular complexity index is 1040. The molecule has 6 heteroatoms. The average molecular weight is 411 g/mol. The van der Waals surface area contributed by atoms with E-state index in [4.69, 9.17) is 4.74 Å². The molecule has 29 heavy (non-hydrogen) atoms. The number of benzene rings is 1. The Morgan fingerprint density at radius 2 is 1.83 bits per heavy atom. The number of aromatic nitrogens is 2. The minimum atomic E-state index is -3.20. The first-order chi connectivity index (χ1) is 14.0. The maximum atomic E-state index is 11.8. The van der Waals surface area contributed by atoms with E-state index in [9.17, 15) is 8.42 Å². The van der Waals surface area contributed by atoms with E-state index in [1.165, 1.54) is 6.26 Å². The van der Waals surface area contributed by atoms with E-state index in [1.807, 2.05) is 30.3 Å². The molecule has 3 aromatic rings. The fourth-order valence-electron chi connectivity index (χ4n) is 3.99. The third kappa shape index (κ3) is 4.77. The van der Waals surface area contributed by atoms with Crippen LogP contribution in [0, 0.1) is 5.92 Å². The van der Waals surface area contributed by atoms with Crippen molar-refractivity contribution in [1.29, 1.82) is 0 Å². The Hall–Kier alpha value is -2.44. The van der Waals surface area contributed by atoms with Crippen LogP contribution in [0.2, 0.25) is 0 Å². The molecule has 1 saturated heterocycles. The Balaban J connectivity index is 1.66. The molecule has 1 aliphatic heterocycles. The molecule has 0 aliphatic carbocycles. The zero-order valence-electron chi connectivity index (χ0n) is 16.5. The van der Waals surface area contributed by atoms with Crippen LogP contribution in [0.25, 0.3) is 11.4 Å². The molecular weight excluding hydrogens is 384 g/mol. The lowest BCUT2D eigenvalue weighted by atomic mass is 9.83. The van der Waals surface area contributed by atoms with Gasteiger partial charge in [0.2, 0.25) is 0 Å². The van der Waals surface area contributed by atoms with Crippen molar-refractivity contribution >= 4 is 9.84 Å². The average Bonchev–Trinajstić information content (AvgIpc) is 3.23. The Kier molecular flexibility index (Phi) is 5.83. The fraction of sp³-hybridized carbons (Fsp3) is 0.348. The van der Waals surface area contributed by atoms with Gasteiger partial charge >= 0.3 is 0 Å². The molecule has 3 heterocycles. The number of ether oxygens (including phenoxy) is 1. The van der Waals surface area contributed by atoms with E-state index in [0.29, 0.717) is 10.8 Å².